The molecule has 2 aliphatic carbocycles. The molecule has 3 aliphatic rings. The highest BCUT2D eigenvalue weighted by atomic mass is 32.1. The van der Waals surface area contributed by atoms with E-state index in [2.05, 4.69) is 45.0 Å². The molecule has 0 saturated heterocycles. The number of para-hydroxylation sites is 1. The minimum Gasteiger partial charge on any atom is -0.455 e. The number of anilines is 2. The van der Waals surface area contributed by atoms with Gasteiger partial charge in [-0.1, -0.05) is 47.8 Å². The monoisotopic (exact) mass is 672 g/mol. The van der Waals surface area contributed by atoms with Gasteiger partial charge in [0.05, 0.1) is 16.4 Å². The van der Waals surface area contributed by atoms with E-state index in [-0.39, 0.29) is 11.6 Å². The van der Waals surface area contributed by atoms with Crippen LogP contribution in [-0.4, -0.2) is 43.8 Å². The molecule has 1 fully saturated rings. The van der Waals surface area contributed by atoms with Crippen molar-refractivity contribution in [3.63, 3.8) is 0 Å². The second-order valence-corrected chi connectivity index (χ2v) is 15.5. The zero-order valence-corrected chi connectivity index (χ0v) is 29.1. The van der Waals surface area contributed by atoms with Crippen LogP contribution in [0.1, 0.15) is 71.3 Å². The summed E-state index contributed by atoms with van der Waals surface area (Å²) in [5.74, 6) is 1.92. The molecule has 2 aromatic carbocycles. The first-order valence-corrected chi connectivity index (χ1v) is 17.9. The predicted octanol–water partition coefficient (Wildman–Crippen LogP) is 7.85. The van der Waals surface area contributed by atoms with Gasteiger partial charge in [0.2, 0.25) is 0 Å². The Kier molecular flexibility index (Phi) is 7.86. The lowest BCUT2D eigenvalue weighted by atomic mass is 9.93. The van der Waals surface area contributed by atoms with Crippen LogP contribution in [0.4, 0.5) is 10.9 Å². The first-order valence-electron chi connectivity index (χ1n) is 17.1. The molecule has 0 spiro atoms. The SMILES string of the molecule is Cc1c(-c2ccc(N3CCc4cccc(C(=O)Nc5nc6ccccc6s5)c4C3)nc2C(=O)OC(C)(C)C)cnn1C[C@@H]1C[C@@H]2C=C[C@H]1C2. The van der Waals surface area contributed by atoms with Crippen molar-refractivity contribution in [1.29, 1.82) is 0 Å². The fourth-order valence-electron chi connectivity index (χ4n) is 7.63. The number of benzene rings is 2. The predicted molar refractivity (Wildman–Crippen MR) is 193 cm³/mol. The summed E-state index contributed by atoms with van der Waals surface area (Å²) in [4.78, 5) is 39.1. The average Bonchev–Trinajstić information content (AvgIpc) is 3.88. The van der Waals surface area contributed by atoms with E-state index in [1.165, 1.54) is 24.2 Å². The van der Waals surface area contributed by atoms with Gasteiger partial charge in [0.1, 0.15) is 11.4 Å². The second-order valence-electron chi connectivity index (χ2n) is 14.5. The Bertz CT molecular complexity index is 2090. The third-order valence-electron chi connectivity index (χ3n) is 10.0. The van der Waals surface area contributed by atoms with Gasteiger partial charge in [-0.2, -0.15) is 5.10 Å². The number of pyridine rings is 1. The number of amides is 1. The second kappa shape index (κ2) is 12.2. The molecule has 49 heavy (non-hydrogen) atoms. The summed E-state index contributed by atoms with van der Waals surface area (Å²) in [6, 6.07) is 17.7. The zero-order valence-electron chi connectivity index (χ0n) is 28.3. The number of nitrogens with one attached hydrogen (secondary N) is 1. The van der Waals surface area contributed by atoms with Crippen LogP contribution in [0.25, 0.3) is 21.3 Å². The van der Waals surface area contributed by atoms with Crippen molar-refractivity contribution in [1.82, 2.24) is 19.7 Å². The zero-order chi connectivity index (χ0) is 33.9. The van der Waals surface area contributed by atoms with Crippen molar-refractivity contribution < 1.29 is 14.3 Å². The summed E-state index contributed by atoms with van der Waals surface area (Å²) >= 11 is 1.46. The molecule has 9 nitrogen and oxygen atoms in total. The lowest BCUT2D eigenvalue weighted by Gasteiger charge is -2.31. The number of carbonyl (C=O) groups excluding carboxylic acids is 2. The molecule has 5 aromatic rings. The van der Waals surface area contributed by atoms with Crippen molar-refractivity contribution >= 4 is 44.4 Å². The van der Waals surface area contributed by atoms with Crippen molar-refractivity contribution in [2.24, 2.45) is 17.8 Å². The van der Waals surface area contributed by atoms with Crippen molar-refractivity contribution in [3.05, 3.63) is 101 Å². The Labute approximate surface area is 290 Å². The topological polar surface area (TPSA) is 102 Å². The van der Waals surface area contributed by atoms with Crippen LogP contribution < -0.4 is 10.2 Å². The third kappa shape index (κ3) is 6.14. The molecule has 4 heterocycles. The number of nitrogens with zero attached hydrogens (tertiary/aromatic N) is 5. The van der Waals surface area contributed by atoms with Crippen molar-refractivity contribution in [2.75, 3.05) is 16.8 Å². The molecule has 0 radical (unpaired) electrons. The van der Waals surface area contributed by atoms with E-state index in [0.717, 1.165) is 45.6 Å². The molecular formula is C39H40N6O3S. The van der Waals surface area contributed by atoms with Crippen molar-refractivity contribution in [3.8, 4) is 11.1 Å². The van der Waals surface area contributed by atoms with E-state index in [4.69, 9.17) is 14.8 Å². The Morgan fingerprint density at radius 2 is 1.86 bits per heavy atom. The number of thiazole rings is 1. The van der Waals surface area contributed by atoms with Gasteiger partial charge in [-0.15, -0.1) is 0 Å². The quantitative estimate of drug-likeness (QED) is 0.139. The first-order chi connectivity index (χ1) is 23.6. The number of hydrogen-bond donors (Lipinski definition) is 1. The average molecular weight is 673 g/mol. The highest BCUT2D eigenvalue weighted by Crippen LogP contribution is 2.44. The number of esters is 1. The van der Waals surface area contributed by atoms with Gasteiger partial charge in [-0.25, -0.2) is 14.8 Å². The fraction of sp³-hybridized carbons (Fsp3) is 0.359. The molecule has 3 aromatic heterocycles. The first kappa shape index (κ1) is 31.4. The maximum absolute atomic E-state index is 13.8. The molecule has 10 heteroatoms. The summed E-state index contributed by atoms with van der Waals surface area (Å²) in [6.45, 7) is 9.71. The Balaban J connectivity index is 1.08. The van der Waals surface area contributed by atoms with Crippen LogP contribution >= 0.6 is 11.3 Å². The van der Waals surface area contributed by atoms with Crippen molar-refractivity contribution in [2.45, 2.75) is 65.6 Å². The van der Waals surface area contributed by atoms with Crippen LogP contribution in [-0.2, 0) is 24.2 Å². The number of aromatic nitrogens is 4. The van der Waals surface area contributed by atoms with E-state index < -0.39 is 11.6 Å². The number of hydrogen-bond acceptors (Lipinski definition) is 8. The highest BCUT2D eigenvalue weighted by molar-refractivity contribution is 7.22. The summed E-state index contributed by atoms with van der Waals surface area (Å²) in [5, 5.41) is 8.37. The molecule has 1 saturated carbocycles. The Morgan fingerprint density at radius 3 is 2.63 bits per heavy atom. The summed E-state index contributed by atoms with van der Waals surface area (Å²) < 4.78 is 9.00. The minimum absolute atomic E-state index is 0.190. The van der Waals surface area contributed by atoms with Crippen LogP contribution in [0.2, 0.25) is 0 Å². The number of fused-ring (bicyclic) bond motifs is 4. The Hall–Kier alpha value is -4.83. The largest absolute Gasteiger partial charge is 0.455 e. The number of ether oxygens (including phenoxy) is 1. The lowest BCUT2D eigenvalue weighted by molar-refractivity contribution is 0.00638. The molecule has 1 aliphatic heterocycles. The Morgan fingerprint density at radius 1 is 1.00 bits per heavy atom. The minimum atomic E-state index is -0.684. The van der Waals surface area contributed by atoms with E-state index >= 15 is 0 Å². The van der Waals surface area contributed by atoms with Crippen LogP contribution in [0.3, 0.4) is 0 Å². The summed E-state index contributed by atoms with van der Waals surface area (Å²) in [6.07, 6.45) is 9.80. The molecule has 1 amide bonds. The summed E-state index contributed by atoms with van der Waals surface area (Å²) in [7, 11) is 0. The van der Waals surface area contributed by atoms with Crippen LogP contribution in [0.5, 0.6) is 0 Å². The van der Waals surface area contributed by atoms with Gasteiger partial charge in [0.15, 0.2) is 10.8 Å². The lowest BCUT2D eigenvalue weighted by Crippen LogP contribution is -2.33. The molecule has 8 rings (SSSR count). The standard InChI is InChI=1S/C39H40N6O3S/c1-23-30(20-40-45(23)21-27-19-24-12-13-26(27)18-24)28-14-15-34(42-35(28)37(47)48-39(2,3)4)44-17-16-25-8-7-9-29(31(25)22-44)36(46)43-38-41-32-10-5-6-11-33(32)49-38/h5-15,20,24,26-27H,16-19,21-22H2,1-4H3,(H,41,43,46)/t24-,26+,27+/m1/s1. The number of rotatable bonds is 7. The normalized spacial score (nSPS) is 19.8. The molecule has 0 unspecified atom stereocenters. The smallest absolute Gasteiger partial charge is 0.358 e. The van der Waals surface area contributed by atoms with Gasteiger partial charge in [-0.3, -0.25) is 14.8 Å². The van der Waals surface area contributed by atoms with E-state index in [0.29, 0.717) is 52.9 Å². The third-order valence-corrected chi connectivity index (χ3v) is 11.0. The number of carbonyl (C=O) groups is 2. The maximum atomic E-state index is 13.8. The van der Waals surface area contributed by atoms with E-state index in [1.54, 1.807) is 0 Å². The van der Waals surface area contributed by atoms with E-state index in [1.807, 2.05) is 75.5 Å². The van der Waals surface area contributed by atoms with E-state index in [9.17, 15) is 9.59 Å². The van der Waals surface area contributed by atoms with Crippen LogP contribution in [0.15, 0.2) is 72.9 Å². The van der Waals surface area contributed by atoms with Gasteiger partial charge < -0.3 is 9.64 Å². The summed E-state index contributed by atoms with van der Waals surface area (Å²) in [5.41, 5.74) is 5.75. The van der Waals surface area contributed by atoms with Gasteiger partial charge >= 0.3 is 5.97 Å². The number of allylic oxidation sites excluding steroid dienone is 2. The van der Waals surface area contributed by atoms with Gasteiger partial charge in [0, 0.05) is 42.0 Å². The van der Waals surface area contributed by atoms with Gasteiger partial charge in [-0.05, 0) is 106 Å². The molecular weight excluding hydrogens is 633 g/mol. The molecule has 2 bridgehead atoms. The highest BCUT2D eigenvalue weighted by Gasteiger charge is 2.36. The fourth-order valence-corrected chi connectivity index (χ4v) is 8.49. The molecule has 250 valence electrons. The van der Waals surface area contributed by atoms with Crippen LogP contribution in [0, 0.1) is 24.7 Å². The molecule has 3 atom stereocenters. The van der Waals surface area contributed by atoms with Gasteiger partial charge in [0.25, 0.3) is 5.91 Å². The molecule has 1 N–H and O–H groups in total. The maximum Gasteiger partial charge on any atom is 0.358 e.